The summed E-state index contributed by atoms with van der Waals surface area (Å²) in [5.74, 6) is -0.473. The van der Waals surface area contributed by atoms with Gasteiger partial charge in [0.1, 0.15) is 18.2 Å². The number of Topliss-reactive ketones (excluding diaryl/α,β-unsaturated/α-hetero) is 1. The molecule has 2 fully saturated rings. The first-order valence-corrected chi connectivity index (χ1v) is 12.6. The van der Waals surface area contributed by atoms with Gasteiger partial charge in [-0.1, -0.05) is 48.5 Å². The zero-order valence-electron chi connectivity index (χ0n) is 20.2. The van der Waals surface area contributed by atoms with Gasteiger partial charge in [0, 0.05) is 35.5 Å². The third-order valence-corrected chi connectivity index (χ3v) is 8.04. The summed E-state index contributed by atoms with van der Waals surface area (Å²) < 4.78 is 25.0. The fraction of sp³-hybridized carbons (Fsp3) is 0.333. The van der Waals surface area contributed by atoms with E-state index >= 15 is 0 Å². The molecule has 2 unspecified atom stereocenters. The molecule has 2 bridgehead atoms. The molecule has 0 spiro atoms. The summed E-state index contributed by atoms with van der Waals surface area (Å²) in [6, 6.07) is 20.6. The van der Waals surface area contributed by atoms with Crippen LogP contribution in [0.5, 0.6) is 5.75 Å². The molecule has 0 aromatic heterocycles. The van der Waals surface area contributed by atoms with Gasteiger partial charge >= 0.3 is 6.09 Å². The number of carbonyl (C=O) groups is 2. The number of carbonyl (C=O) groups excluding carboxylic acids is 2. The van der Waals surface area contributed by atoms with E-state index in [1.807, 2.05) is 29.2 Å². The average molecular weight is 486 g/mol. The van der Waals surface area contributed by atoms with Crippen LogP contribution < -0.4 is 4.74 Å². The molecule has 184 valence electrons. The van der Waals surface area contributed by atoms with E-state index in [1.54, 1.807) is 6.07 Å². The summed E-state index contributed by atoms with van der Waals surface area (Å²) in [5.41, 5.74) is 5.09. The first-order valence-electron chi connectivity index (χ1n) is 12.6. The standard InChI is InChI=1S/C30H28FNO4/c1-35-23-15-18(12-20(31)16-23)29(33)19-13-21-10-11-22(14-19)32(21)30(34)36-17-28-26-8-4-2-6-24(26)25-7-3-5-9-27(25)28/h2-9,12,15-16,19,21-22,28H,10-11,13-14,17H2,1H3. The van der Waals surface area contributed by atoms with E-state index in [9.17, 15) is 14.0 Å². The van der Waals surface area contributed by atoms with E-state index in [1.165, 1.54) is 41.5 Å². The van der Waals surface area contributed by atoms with Gasteiger partial charge in [-0.25, -0.2) is 9.18 Å². The Balaban J connectivity index is 1.14. The van der Waals surface area contributed by atoms with Crippen LogP contribution in [0.1, 0.15) is 53.1 Å². The van der Waals surface area contributed by atoms with Crippen LogP contribution in [0.2, 0.25) is 0 Å². The lowest BCUT2D eigenvalue weighted by molar-refractivity contribution is 0.0506. The van der Waals surface area contributed by atoms with Gasteiger partial charge in [-0.05, 0) is 60.1 Å². The van der Waals surface area contributed by atoms with Crippen molar-refractivity contribution in [2.45, 2.75) is 43.7 Å². The van der Waals surface area contributed by atoms with Gasteiger partial charge in [-0.3, -0.25) is 4.79 Å². The fourth-order valence-electron chi connectivity index (χ4n) is 6.42. The average Bonchev–Trinajstić information content (AvgIpc) is 3.36. The zero-order chi connectivity index (χ0) is 24.8. The number of hydrogen-bond acceptors (Lipinski definition) is 4. The highest BCUT2D eigenvalue weighted by molar-refractivity contribution is 5.98. The number of amides is 1. The maximum absolute atomic E-state index is 14.0. The van der Waals surface area contributed by atoms with Crippen molar-refractivity contribution >= 4 is 11.9 Å². The second-order valence-corrected chi connectivity index (χ2v) is 10.0. The van der Waals surface area contributed by atoms with Gasteiger partial charge in [0.05, 0.1) is 7.11 Å². The predicted molar refractivity (Wildman–Crippen MR) is 134 cm³/mol. The Morgan fingerprint density at radius 3 is 2.14 bits per heavy atom. The fourth-order valence-corrected chi connectivity index (χ4v) is 6.42. The molecule has 6 rings (SSSR count). The third-order valence-electron chi connectivity index (χ3n) is 8.04. The normalized spacial score (nSPS) is 22.2. The van der Waals surface area contributed by atoms with Crippen molar-refractivity contribution in [1.82, 2.24) is 4.90 Å². The second-order valence-electron chi connectivity index (χ2n) is 10.0. The molecule has 1 amide bonds. The van der Waals surface area contributed by atoms with E-state index in [-0.39, 0.29) is 42.4 Å². The highest BCUT2D eigenvalue weighted by Crippen LogP contribution is 2.45. The van der Waals surface area contributed by atoms with Crippen LogP contribution in [0, 0.1) is 11.7 Å². The van der Waals surface area contributed by atoms with Crippen molar-refractivity contribution < 1.29 is 23.5 Å². The highest BCUT2D eigenvalue weighted by Gasteiger charge is 2.46. The molecule has 6 heteroatoms. The number of hydrogen-bond donors (Lipinski definition) is 0. The van der Waals surface area contributed by atoms with Crippen molar-refractivity contribution in [3.8, 4) is 16.9 Å². The molecular weight excluding hydrogens is 457 g/mol. The lowest BCUT2D eigenvalue weighted by Gasteiger charge is -2.37. The molecule has 5 nitrogen and oxygen atoms in total. The predicted octanol–water partition coefficient (Wildman–Crippen LogP) is 6.21. The summed E-state index contributed by atoms with van der Waals surface area (Å²) in [6.45, 7) is 0.286. The highest BCUT2D eigenvalue weighted by atomic mass is 19.1. The molecule has 3 aromatic rings. The Morgan fingerprint density at radius 2 is 1.53 bits per heavy atom. The second kappa shape index (κ2) is 9.08. The van der Waals surface area contributed by atoms with Gasteiger partial charge in [-0.15, -0.1) is 0 Å². The van der Waals surface area contributed by atoms with E-state index in [2.05, 4.69) is 24.3 Å². The molecule has 36 heavy (non-hydrogen) atoms. The van der Waals surface area contributed by atoms with Crippen molar-refractivity contribution in [3.05, 3.63) is 89.2 Å². The van der Waals surface area contributed by atoms with Crippen LogP contribution in [-0.2, 0) is 4.74 Å². The molecule has 0 radical (unpaired) electrons. The summed E-state index contributed by atoms with van der Waals surface area (Å²) in [7, 11) is 1.45. The number of methoxy groups -OCH3 is 1. The summed E-state index contributed by atoms with van der Waals surface area (Å²) in [5, 5.41) is 0. The lowest BCUT2D eigenvalue weighted by Crippen LogP contribution is -2.48. The number of nitrogens with zero attached hydrogens (tertiary/aromatic N) is 1. The number of piperidine rings is 1. The number of fused-ring (bicyclic) bond motifs is 5. The van der Waals surface area contributed by atoms with E-state index < -0.39 is 5.82 Å². The minimum absolute atomic E-state index is 0.0149. The van der Waals surface area contributed by atoms with Crippen LogP contribution in [-0.4, -0.2) is 42.6 Å². The summed E-state index contributed by atoms with van der Waals surface area (Å²) in [6.07, 6.45) is 2.54. The molecule has 3 aliphatic rings. The Kier molecular flexibility index (Phi) is 5.75. The minimum Gasteiger partial charge on any atom is -0.497 e. The molecule has 2 aliphatic heterocycles. The number of benzene rings is 3. The van der Waals surface area contributed by atoms with Crippen LogP contribution in [0.4, 0.5) is 9.18 Å². The molecule has 0 N–H and O–H groups in total. The molecule has 3 aromatic carbocycles. The SMILES string of the molecule is COc1cc(F)cc(C(=O)C2CC3CCC(C2)N3C(=O)OCC2c3ccccc3-c3ccccc32)c1. The maximum atomic E-state index is 14.0. The molecule has 2 saturated heterocycles. The third kappa shape index (κ3) is 3.85. The van der Waals surface area contributed by atoms with Crippen molar-refractivity contribution in [3.63, 3.8) is 0 Å². The van der Waals surface area contributed by atoms with Gasteiger partial charge in [0.15, 0.2) is 5.78 Å². The Labute approximate surface area is 209 Å². The Hall–Kier alpha value is -3.67. The van der Waals surface area contributed by atoms with Crippen molar-refractivity contribution in [2.75, 3.05) is 13.7 Å². The molecule has 0 saturated carbocycles. The largest absolute Gasteiger partial charge is 0.497 e. The van der Waals surface area contributed by atoms with E-state index in [4.69, 9.17) is 9.47 Å². The van der Waals surface area contributed by atoms with Crippen LogP contribution >= 0.6 is 0 Å². The van der Waals surface area contributed by atoms with Gasteiger partial charge < -0.3 is 14.4 Å². The zero-order valence-corrected chi connectivity index (χ0v) is 20.2. The topological polar surface area (TPSA) is 55.8 Å². The number of ketones is 1. The van der Waals surface area contributed by atoms with Crippen LogP contribution in [0.15, 0.2) is 66.7 Å². The smallest absolute Gasteiger partial charge is 0.410 e. The summed E-state index contributed by atoms with van der Waals surface area (Å²) >= 11 is 0. The van der Waals surface area contributed by atoms with Crippen LogP contribution in [0.3, 0.4) is 0 Å². The Morgan fingerprint density at radius 1 is 0.917 bits per heavy atom. The maximum Gasteiger partial charge on any atom is 0.410 e. The first kappa shape index (κ1) is 22.8. The number of halogens is 1. The quantitative estimate of drug-likeness (QED) is 0.403. The van der Waals surface area contributed by atoms with Crippen molar-refractivity contribution in [1.29, 1.82) is 0 Å². The van der Waals surface area contributed by atoms with Gasteiger partial charge in [0.2, 0.25) is 0 Å². The van der Waals surface area contributed by atoms with Gasteiger partial charge in [-0.2, -0.15) is 0 Å². The molecule has 2 heterocycles. The molecular formula is C30H28FNO4. The lowest BCUT2D eigenvalue weighted by atomic mass is 9.85. The number of ether oxygens (including phenoxy) is 2. The Bertz CT molecular complexity index is 1280. The summed E-state index contributed by atoms with van der Waals surface area (Å²) in [4.78, 5) is 28.3. The van der Waals surface area contributed by atoms with E-state index in [0.717, 1.165) is 12.8 Å². The molecule has 2 atom stereocenters. The monoisotopic (exact) mass is 485 g/mol. The number of rotatable bonds is 5. The molecule has 1 aliphatic carbocycles. The van der Waals surface area contributed by atoms with Crippen molar-refractivity contribution in [2.24, 2.45) is 5.92 Å². The van der Waals surface area contributed by atoms with Crippen LogP contribution in [0.25, 0.3) is 11.1 Å². The minimum atomic E-state index is -0.489. The first-order chi connectivity index (χ1) is 17.5. The van der Waals surface area contributed by atoms with E-state index in [0.29, 0.717) is 24.2 Å². The van der Waals surface area contributed by atoms with Gasteiger partial charge in [0.25, 0.3) is 0 Å².